The predicted octanol–water partition coefficient (Wildman–Crippen LogP) is 0.977. The Morgan fingerprint density at radius 3 is 2.44 bits per heavy atom. The maximum atomic E-state index is 12.4. The first-order valence-corrected chi connectivity index (χ1v) is 7.24. The molecule has 18 heavy (non-hydrogen) atoms. The van der Waals surface area contributed by atoms with Gasteiger partial charge >= 0.3 is 0 Å². The third-order valence-corrected chi connectivity index (χ3v) is 4.79. The second kappa shape index (κ2) is 5.17. The average molecular weight is 253 g/mol. The normalized spacial score (nSPS) is 23.7. The molecule has 4 heteroatoms. The van der Waals surface area contributed by atoms with Crippen LogP contribution in [0.4, 0.5) is 0 Å². The third kappa shape index (κ3) is 2.86. The molecule has 104 valence electrons. The van der Waals surface area contributed by atoms with Crippen molar-refractivity contribution in [1.29, 1.82) is 0 Å². The number of rotatable bonds is 5. The van der Waals surface area contributed by atoms with Gasteiger partial charge in [0.25, 0.3) is 0 Å². The molecule has 2 fully saturated rings. The van der Waals surface area contributed by atoms with Gasteiger partial charge in [-0.3, -0.25) is 9.69 Å². The fourth-order valence-corrected chi connectivity index (χ4v) is 2.68. The minimum absolute atomic E-state index is 0.184. The van der Waals surface area contributed by atoms with E-state index in [0.29, 0.717) is 5.41 Å². The van der Waals surface area contributed by atoms with Gasteiger partial charge in [-0.1, -0.05) is 6.92 Å². The van der Waals surface area contributed by atoms with Crippen molar-refractivity contribution in [3.8, 4) is 0 Å². The maximum absolute atomic E-state index is 12.4. The van der Waals surface area contributed by atoms with Crippen LogP contribution < -0.4 is 10.6 Å². The Labute approximate surface area is 110 Å². The number of carbonyl (C=O) groups is 1. The molecule has 2 aliphatic rings. The number of amides is 1. The molecule has 1 amide bonds. The van der Waals surface area contributed by atoms with Gasteiger partial charge in [0.1, 0.15) is 0 Å². The first-order valence-electron chi connectivity index (χ1n) is 7.24. The molecular weight excluding hydrogens is 226 g/mol. The van der Waals surface area contributed by atoms with Gasteiger partial charge in [0.05, 0.1) is 5.54 Å². The molecule has 4 nitrogen and oxygen atoms in total. The molecule has 1 heterocycles. The van der Waals surface area contributed by atoms with E-state index < -0.39 is 0 Å². The summed E-state index contributed by atoms with van der Waals surface area (Å²) in [6.45, 7) is 11.0. The second-order valence-corrected chi connectivity index (χ2v) is 6.33. The van der Waals surface area contributed by atoms with Crippen molar-refractivity contribution in [2.45, 2.75) is 45.6 Å². The number of nitrogens with one attached hydrogen (secondary N) is 2. The topological polar surface area (TPSA) is 44.4 Å². The zero-order valence-electron chi connectivity index (χ0n) is 12.0. The van der Waals surface area contributed by atoms with Gasteiger partial charge in [-0.05, 0) is 38.5 Å². The van der Waals surface area contributed by atoms with E-state index in [9.17, 15) is 4.79 Å². The van der Waals surface area contributed by atoms with Crippen LogP contribution in [-0.4, -0.2) is 49.1 Å². The predicted molar refractivity (Wildman–Crippen MR) is 73.5 cm³/mol. The number of carbonyl (C=O) groups excluding carboxylic acids is 1. The lowest BCUT2D eigenvalue weighted by Gasteiger charge is -2.40. The Morgan fingerprint density at radius 1 is 1.33 bits per heavy atom. The van der Waals surface area contributed by atoms with Crippen LogP contribution in [0.5, 0.6) is 0 Å². The molecule has 1 aliphatic carbocycles. The van der Waals surface area contributed by atoms with Crippen LogP contribution in [0.3, 0.4) is 0 Å². The van der Waals surface area contributed by atoms with Crippen LogP contribution in [0.25, 0.3) is 0 Å². The van der Waals surface area contributed by atoms with Crippen molar-refractivity contribution >= 4 is 5.91 Å². The molecule has 0 aromatic rings. The van der Waals surface area contributed by atoms with E-state index in [4.69, 9.17) is 0 Å². The summed E-state index contributed by atoms with van der Waals surface area (Å²) in [5.41, 5.74) is 0.0428. The molecule has 1 saturated heterocycles. The molecule has 1 aliphatic heterocycles. The molecular formula is C14H27N3O. The highest BCUT2D eigenvalue weighted by molar-refractivity contribution is 5.85. The lowest BCUT2D eigenvalue weighted by Crippen LogP contribution is -2.60. The van der Waals surface area contributed by atoms with Crippen LogP contribution in [0.15, 0.2) is 0 Å². The van der Waals surface area contributed by atoms with Crippen LogP contribution in [0.2, 0.25) is 0 Å². The number of hydrogen-bond donors (Lipinski definition) is 2. The van der Waals surface area contributed by atoms with Gasteiger partial charge in [-0.15, -0.1) is 0 Å². The summed E-state index contributed by atoms with van der Waals surface area (Å²) in [5.74, 6) is 0.184. The Morgan fingerprint density at radius 2 is 1.94 bits per heavy atom. The maximum Gasteiger partial charge on any atom is 0.239 e. The molecule has 0 aromatic heterocycles. The third-order valence-electron chi connectivity index (χ3n) is 4.79. The lowest BCUT2D eigenvalue weighted by atomic mass is 9.98. The quantitative estimate of drug-likeness (QED) is 0.767. The molecule has 0 aromatic carbocycles. The van der Waals surface area contributed by atoms with E-state index in [1.54, 1.807) is 0 Å². The van der Waals surface area contributed by atoms with Gasteiger partial charge in [0.2, 0.25) is 5.91 Å². The monoisotopic (exact) mass is 253 g/mol. The SMILES string of the molecule is CCC1(CNC(=O)C(C)(C)N2CCNCC2)CC1. The summed E-state index contributed by atoms with van der Waals surface area (Å²) in [5, 5.41) is 6.50. The van der Waals surface area contributed by atoms with Gasteiger partial charge < -0.3 is 10.6 Å². The van der Waals surface area contributed by atoms with E-state index in [-0.39, 0.29) is 11.4 Å². The first kappa shape index (κ1) is 13.8. The molecule has 0 radical (unpaired) electrons. The van der Waals surface area contributed by atoms with Gasteiger partial charge in [0.15, 0.2) is 0 Å². The summed E-state index contributed by atoms with van der Waals surface area (Å²) in [4.78, 5) is 14.7. The zero-order valence-corrected chi connectivity index (χ0v) is 12.0. The van der Waals surface area contributed by atoms with Crippen molar-refractivity contribution in [3.63, 3.8) is 0 Å². The van der Waals surface area contributed by atoms with Gasteiger partial charge in [-0.2, -0.15) is 0 Å². The van der Waals surface area contributed by atoms with Crippen LogP contribution >= 0.6 is 0 Å². The minimum atomic E-state index is -0.383. The number of hydrogen-bond acceptors (Lipinski definition) is 3. The van der Waals surface area contributed by atoms with Crippen molar-refractivity contribution in [2.24, 2.45) is 5.41 Å². The second-order valence-electron chi connectivity index (χ2n) is 6.33. The van der Waals surface area contributed by atoms with Gasteiger partial charge in [-0.25, -0.2) is 0 Å². The summed E-state index contributed by atoms with van der Waals surface area (Å²) in [7, 11) is 0. The Hall–Kier alpha value is -0.610. The number of nitrogens with zero attached hydrogens (tertiary/aromatic N) is 1. The van der Waals surface area contributed by atoms with Crippen LogP contribution in [0, 0.1) is 5.41 Å². The van der Waals surface area contributed by atoms with Crippen LogP contribution in [0.1, 0.15) is 40.0 Å². The van der Waals surface area contributed by atoms with E-state index in [1.165, 1.54) is 19.3 Å². The van der Waals surface area contributed by atoms with Crippen molar-refractivity contribution in [2.75, 3.05) is 32.7 Å². The smallest absolute Gasteiger partial charge is 0.239 e. The van der Waals surface area contributed by atoms with Crippen molar-refractivity contribution in [1.82, 2.24) is 15.5 Å². The molecule has 0 bridgehead atoms. The minimum Gasteiger partial charge on any atom is -0.354 e. The highest BCUT2D eigenvalue weighted by atomic mass is 16.2. The lowest BCUT2D eigenvalue weighted by molar-refractivity contribution is -0.132. The van der Waals surface area contributed by atoms with Gasteiger partial charge in [0, 0.05) is 32.7 Å². The summed E-state index contributed by atoms with van der Waals surface area (Å²) < 4.78 is 0. The summed E-state index contributed by atoms with van der Waals surface area (Å²) >= 11 is 0. The van der Waals surface area contributed by atoms with Crippen LogP contribution in [-0.2, 0) is 4.79 Å². The molecule has 0 spiro atoms. The fourth-order valence-electron chi connectivity index (χ4n) is 2.68. The molecule has 2 N–H and O–H groups in total. The largest absolute Gasteiger partial charge is 0.354 e. The fraction of sp³-hybridized carbons (Fsp3) is 0.929. The average Bonchev–Trinajstić information content (AvgIpc) is 3.17. The zero-order chi connectivity index (χ0) is 13.2. The summed E-state index contributed by atoms with van der Waals surface area (Å²) in [6.07, 6.45) is 3.73. The highest BCUT2D eigenvalue weighted by Crippen LogP contribution is 2.47. The van der Waals surface area contributed by atoms with Crippen molar-refractivity contribution < 1.29 is 4.79 Å². The Kier molecular flexibility index (Phi) is 3.97. The van der Waals surface area contributed by atoms with Crippen molar-refractivity contribution in [3.05, 3.63) is 0 Å². The van der Waals surface area contributed by atoms with E-state index >= 15 is 0 Å². The molecule has 0 unspecified atom stereocenters. The Bertz CT molecular complexity index is 304. The molecule has 2 rings (SSSR count). The first-order chi connectivity index (χ1) is 8.50. The Balaban J connectivity index is 1.86. The standard InChI is InChI=1S/C14H27N3O/c1-4-14(5-6-14)11-16-12(18)13(2,3)17-9-7-15-8-10-17/h15H,4-11H2,1-3H3,(H,16,18). The van der Waals surface area contributed by atoms with E-state index in [1.807, 2.05) is 13.8 Å². The van der Waals surface area contributed by atoms with E-state index in [0.717, 1.165) is 32.7 Å². The summed E-state index contributed by atoms with van der Waals surface area (Å²) in [6, 6.07) is 0. The molecule has 1 saturated carbocycles. The van der Waals surface area contributed by atoms with E-state index in [2.05, 4.69) is 22.5 Å². The molecule has 0 atom stereocenters. The highest BCUT2D eigenvalue weighted by Gasteiger charge is 2.42. The number of piperazine rings is 1.